The number of nitrogens with one attached hydrogen (secondary N) is 2. The molecule has 0 aromatic heterocycles. The van der Waals surface area contributed by atoms with Crippen LogP contribution in [0.15, 0.2) is 24.3 Å². The molecular weight excluding hydrogens is 306 g/mol. The molecular formula is C18H29N3O3. The predicted octanol–water partition coefficient (Wildman–Crippen LogP) is 1.18. The van der Waals surface area contributed by atoms with Crippen LogP contribution in [0.1, 0.15) is 24.4 Å². The SMILES string of the molecule is COCCNC(=O)CNC[C@@H](c1ccc(OC)cc1)N1CCCC1. The summed E-state index contributed by atoms with van der Waals surface area (Å²) in [5.41, 5.74) is 1.25. The molecule has 1 atom stereocenters. The highest BCUT2D eigenvalue weighted by atomic mass is 16.5. The van der Waals surface area contributed by atoms with Crippen LogP contribution in [0.5, 0.6) is 5.75 Å². The number of amides is 1. The summed E-state index contributed by atoms with van der Waals surface area (Å²) in [6, 6.07) is 8.50. The van der Waals surface area contributed by atoms with E-state index in [9.17, 15) is 4.79 Å². The maximum Gasteiger partial charge on any atom is 0.234 e. The van der Waals surface area contributed by atoms with Crippen LogP contribution >= 0.6 is 0 Å². The summed E-state index contributed by atoms with van der Waals surface area (Å²) in [5, 5.41) is 6.12. The molecule has 1 fully saturated rings. The van der Waals surface area contributed by atoms with Gasteiger partial charge in [-0.05, 0) is 43.6 Å². The predicted molar refractivity (Wildman–Crippen MR) is 94.3 cm³/mol. The highest BCUT2D eigenvalue weighted by Gasteiger charge is 2.23. The van der Waals surface area contributed by atoms with Crippen LogP contribution in [0.4, 0.5) is 0 Å². The normalized spacial score (nSPS) is 16.1. The van der Waals surface area contributed by atoms with E-state index in [0.717, 1.165) is 25.4 Å². The van der Waals surface area contributed by atoms with E-state index in [2.05, 4.69) is 27.7 Å². The smallest absolute Gasteiger partial charge is 0.234 e. The number of benzene rings is 1. The Hall–Kier alpha value is -1.63. The van der Waals surface area contributed by atoms with Gasteiger partial charge in [0.05, 0.1) is 20.3 Å². The minimum Gasteiger partial charge on any atom is -0.497 e. The van der Waals surface area contributed by atoms with Crippen LogP contribution in [0.3, 0.4) is 0 Å². The lowest BCUT2D eigenvalue weighted by Gasteiger charge is -2.28. The Morgan fingerprint density at radius 2 is 1.92 bits per heavy atom. The molecule has 6 nitrogen and oxygen atoms in total. The van der Waals surface area contributed by atoms with Gasteiger partial charge in [-0.15, -0.1) is 0 Å². The third kappa shape index (κ3) is 5.78. The lowest BCUT2D eigenvalue weighted by Crippen LogP contribution is -2.40. The van der Waals surface area contributed by atoms with Crippen molar-refractivity contribution in [1.29, 1.82) is 0 Å². The molecule has 1 heterocycles. The van der Waals surface area contributed by atoms with Gasteiger partial charge in [-0.2, -0.15) is 0 Å². The molecule has 1 aliphatic heterocycles. The van der Waals surface area contributed by atoms with Crippen LogP contribution in [0, 0.1) is 0 Å². The van der Waals surface area contributed by atoms with Crippen LogP contribution < -0.4 is 15.4 Å². The monoisotopic (exact) mass is 335 g/mol. The van der Waals surface area contributed by atoms with E-state index in [1.807, 2.05) is 12.1 Å². The van der Waals surface area contributed by atoms with Gasteiger partial charge in [0.1, 0.15) is 5.75 Å². The second-order valence-electron chi connectivity index (χ2n) is 6.01. The fourth-order valence-corrected chi connectivity index (χ4v) is 3.01. The number of hydrogen-bond donors (Lipinski definition) is 2. The summed E-state index contributed by atoms with van der Waals surface area (Å²) >= 11 is 0. The largest absolute Gasteiger partial charge is 0.497 e. The molecule has 1 aromatic carbocycles. The first-order valence-electron chi connectivity index (χ1n) is 8.59. The molecule has 2 rings (SSSR count). The van der Waals surface area contributed by atoms with Crippen LogP contribution in [0.25, 0.3) is 0 Å². The second kappa shape index (κ2) is 10.3. The lowest BCUT2D eigenvalue weighted by molar-refractivity contribution is -0.120. The van der Waals surface area contributed by atoms with Crippen molar-refractivity contribution in [2.45, 2.75) is 18.9 Å². The van der Waals surface area contributed by atoms with E-state index in [0.29, 0.717) is 19.7 Å². The molecule has 0 bridgehead atoms. The molecule has 1 amide bonds. The highest BCUT2D eigenvalue weighted by molar-refractivity contribution is 5.77. The Morgan fingerprint density at radius 3 is 2.54 bits per heavy atom. The van der Waals surface area contributed by atoms with Gasteiger partial charge in [0.15, 0.2) is 0 Å². The molecule has 0 spiro atoms. The van der Waals surface area contributed by atoms with Gasteiger partial charge >= 0.3 is 0 Å². The number of methoxy groups -OCH3 is 2. The number of rotatable bonds is 10. The van der Waals surface area contributed by atoms with Crippen molar-refractivity contribution in [1.82, 2.24) is 15.5 Å². The Balaban J connectivity index is 1.88. The van der Waals surface area contributed by atoms with E-state index in [1.165, 1.54) is 18.4 Å². The summed E-state index contributed by atoms with van der Waals surface area (Å²) in [5.74, 6) is 0.867. The van der Waals surface area contributed by atoms with E-state index in [-0.39, 0.29) is 11.9 Å². The Morgan fingerprint density at radius 1 is 1.21 bits per heavy atom. The average molecular weight is 335 g/mol. The van der Waals surface area contributed by atoms with Crippen molar-refractivity contribution in [2.24, 2.45) is 0 Å². The molecule has 24 heavy (non-hydrogen) atoms. The zero-order valence-corrected chi connectivity index (χ0v) is 14.7. The molecule has 1 aromatic rings. The first-order chi connectivity index (χ1) is 11.7. The molecule has 1 saturated heterocycles. The van der Waals surface area contributed by atoms with Crippen molar-refractivity contribution in [3.05, 3.63) is 29.8 Å². The summed E-state index contributed by atoms with van der Waals surface area (Å²) < 4.78 is 10.2. The van der Waals surface area contributed by atoms with Crippen molar-refractivity contribution in [2.75, 3.05) is 53.6 Å². The van der Waals surface area contributed by atoms with Gasteiger partial charge in [-0.1, -0.05) is 12.1 Å². The molecule has 2 N–H and O–H groups in total. The maximum atomic E-state index is 11.8. The van der Waals surface area contributed by atoms with Crippen LogP contribution in [0.2, 0.25) is 0 Å². The fraction of sp³-hybridized carbons (Fsp3) is 0.611. The van der Waals surface area contributed by atoms with Crippen molar-refractivity contribution in [3.8, 4) is 5.75 Å². The Kier molecular flexibility index (Phi) is 8.01. The van der Waals surface area contributed by atoms with Gasteiger partial charge in [0, 0.05) is 26.2 Å². The molecule has 134 valence electrons. The highest BCUT2D eigenvalue weighted by Crippen LogP contribution is 2.26. The number of nitrogens with zero attached hydrogens (tertiary/aromatic N) is 1. The number of carbonyl (C=O) groups is 1. The van der Waals surface area contributed by atoms with E-state index < -0.39 is 0 Å². The number of likely N-dealkylation sites (tertiary alicyclic amines) is 1. The topological polar surface area (TPSA) is 62.8 Å². The lowest BCUT2D eigenvalue weighted by atomic mass is 10.1. The zero-order chi connectivity index (χ0) is 17.2. The standard InChI is InChI=1S/C18H29N3O3/c1-23-12-9-20-18(22)14-19-13-17(21-10-3-4-11-21)15-5-7-16(24-2)8-6-15/h5-8,17,19H,3-4,9-14H2,1-2H3,(H,20,22)/t17-/m0/s1. The summed E-state index contributed by atoms with van der Waals surface area (Å²) in [6.07, 6.45) is 2.48. The quantitative estimate of drug-likeness (QED) is 0.629. The number of ether oxygens (including phenoxy) is 2. The maximum absolute atomic E-state index is 11.8. The van der Waals surface area contributed by atoms with Gasteiger partial charge in [0.25, 0.3) is 0 Å². The van der Waals surface area contributed by atoms with Gasteiger partial charge < -0.3 is 20.1 Å². The minimum atomic E-state index is 0.00181. The fourth-order valence-electron chi connectivity index (χ4n) is 3.01. The van der Waals surface area contributed by atoms with Gasteiger partial charge in [-0.25, -0.2) is 0 Å². The van der Waals surface area contributed by atoms with Crippen molar-refractivity contribution < 1.29 is 14.3 Å². The van der Waals surface area contributed by atoms with Gasteiger partial charge in [0.2, 0.25) is 5.91 Å². The minimum absolute atomic E-state index is 0.00181. The summed E-state index contributed by atoms with van der Waals surface area (Å²) in [4.78, 5) is 14.3. The van der Waals surface area contributed by atoms with Crippen molar-refractivity contribution >= 4 is 5.91 Å². The summed E-state index contributed by atoms with van der Waals surface area (Å²) in [6.45, 7) is 4.38. The Bertz CT molecular complexity index is 487. The zero-order valence-electron chi connectivity index (χ0n) is 14.7. The van der Waals surface area contributed by atoms with Gasteiger partial charge in [-0.3, -0.25) is 9.69 Å². The molecule has 6 heteroatoms. The second-order valence-corrected chi connectivity index (χ2v) is 6.01. The molecule has 1 aliphatic rings. The van der Waals surface area contributed by atoms with Crippen LogP contribution in [-0.2, 0) is 9.53 Å². The Labute approximate surface area is 144 Å². The first-order valence-corrected chi connectivity index (χ1v) is 8.59. The van der Waals surface area contributed by atoms with E-state index >= 15 is 0 Å². The van der Waals surface area contributed by atoms with Crippen molar-refractivity contribution in [3.63, 3.8) is 0 Å². The molecule has 0 radical (unpaired) electrons. The molecule has 0 unspecified atom stereocenters. The average Bonchev–Trinajstić information content (AvgIpc) is 3.13. The summed E-state index contributed by atoms with van der Waals surface area (Å²) in [7, 11) is 3.30. The van der Waals surface area contributed by atoms with E-state index in [1.54, 1.807) is 14.2 Å². The number of carbonyl (C=O) groups excluding carboxylic acids is 1. The molecule has 0 saturated carbocycles. The number of hydrogen-bond acceptors (Lipinski definition) is 5. The first kappa shape index (κ1) is 18.7. The third-order valence-electron chi connectivity index (χ3n) is 4.33. The van der Waals surface area contributed by atoms with E-state index in [4.69, 9.17) is 9.47 Å². The molecule has 0 aliphatic carbocycles. The third-order valence-corrected chi connectivity index (χ3v) is 4.33. The van der Waals surface area contributed by atoms with Crippen LogP contribution in [-0.4, -0.2) is 64.4 Å².